The Kier molecular flexibility index (Phi) is 6.34. The van der Waals surface area contributed by atoms with Crippen molar-refractivity contribution in [2.45, 2.75) is 0 Å². The summed E-state index contributed by atoms with van der Waals surface area (Å²) in [5, 5.41) is 24.7. The first-order valence-corrected chi connectivity index (χ1v) is 12.8. The smallest absolute Gasteiger partial charge is 0.124 e. The van der Waals surface area contributed by atoms with Gasteiger partial charge in [-0.05, 0) is 69.1 Å². The van der Waals surface area contributed by atoms with Crippen molar-refractivity contribution in [2.75, 3.05) is 11.5 Å². The molecule has 0 amide bonds. The van der Waals surface area contributed by atoms with E-state index in [4.69, 9.17) is 11.5 Å². The van der Waals surface area contributed by atoms with Crippen LogP contribution in [0.25, 0.3) is 32.7 Å². The van der Waals surface area contributed by atoms with Crippen molar-refractivity contribution in [3.8, 4) is 22.6 Å². The molecule has 6 aromatic carbocycles. The maximum absolute atomic E-state index is 10.4. The average molecular weight is 523 g/mol. The van der Waals surface area contributed by atoms with Crippen LogP contribution in [0.3, 0.4) is 0 Å². The molecular weight excluding hydrogens is 496 g/mol. The number of aromatic hydroxyl groups is 2. The number of benzene rings is 6. The number of phenolic OH excluding ortho intramolecular Hbond substituents is 2. The molecule has 40 heavy (non-hydrogen) atoms. The predicted molar refractivity (Wildman–Crippen MR) is 166 cm³/mol. The molecule has 6 rings (SSSR count). The van der Waals surface area contributed by atoms with Crippen molar-refractivity contribution >= 4 is 56.7 Å². The van der Waals surface area contributed by atoms with Crippen LogP contribution in [0.5, 0.6) is 11.5 Å². The zero-order chi connectivity index (χ0) is 27.6. The SMILES string of the molecule is Nc1cc(-c2ccc(N=Cc3c(O)ccc4ccccc34)c(N)c2)ccc1N=Cc1c(O)ccc2ccccc12. The van der Waals surface area contributed by atoms with E-state index in [9.17, 15) is 10.2 Å². The number of nitrogen functional groups attached to an aromatic ring is 2. The topological polar surface area (TPSA) is 117 Å². The number of nitrogens with zero attached hydrogens (tertiary/aromatic N) is 2. The third-order valence-corrected chi connectivity index (χ3v) is 6.95. The summed E-state index contributed by atoms with van der Waals surface area (Å²) in [5.41, 5.74) is 18.0. The van der Waals surface area contributed by atoms with Crippen LogP contribution in [0, 0.1) is 0 Å². The third-order valence-electron chi connectivity index (χ3n) is 6.95. The molecule has 0 heterocycles. The van der Waals surface area contributed by atoms with Gasteiger partial charge in [-0.3, -0.25) is 9.98 Å². The van der Waals surface area contributed by atoms with E-state index < -0.39 is 0 Å². The zero-order valence-corrected chi connectivity index (χ0v) is 21.5. The molecule has 0 aliphatic carbocycles. The molecule has 0 spiro atoms. The zero-order valence-electron chi connectivity index (χ0n) is 21.5. The van der Waals surface area contributed by atoms with Gasteiger partial charge in [-0.1, -0.05) is 72.8 Å². The van der Waals surface area contributed by atoms with Crippen LogP contribution >= 0.6 is 0 Å². The van der Waals surface area contributed by atoms with E-state index in [1.54, 1.807) is 24.6 Å². The van der Waals surface area contributed by atoms with E-state index in [0.717, 1.165) is 32.7 Å². The minimum Gasteiger partial charge on any atom is -0.507 e. The number of phenols is 2. The van der Waals surface area contributed by atoms with Gasteiger partial charge in [0.25, 0.3) is 0 Å². The Morgan fingerprint density at radius 2 is 0.925 bits per heavy atom. The number of rotatable bonds is 5. The van der Waals surface area contributed by atoms with Crippen LogP contribution in [0.4, 0.5) is 22.7 Å². The molecule has 0 radical (unpaired) electrons. The molecule has 0 atom stereocenters. The van der Waals surface area contributed by atoms with Gasteiger partial charge in [0.1, 0.15) is 11.5 Å². The van der Waals surface area contributed by atoms with Gasteiger partial charge in [0.15, 0.2) is 0 Å². The third kappa shape index (κ3) is 4.70. The van der Waals surface area contributed by atoms with Crippen LogP contribution in [0.1, 0.15) is 11.1 Å². The molecule has 0 bridgehead atoms. The average Bonchev–Trinajstić information content (AvgIpc) is 2.97. The first-order valence-electron chi connectivity index (χ1n) is 12.8. The van der Waals surface area contributed by atoms with E-state index in [2.05, 4.69) is 9.98 Å². The number of hydrogen-bond donors (Lipinski definition) is 4. The van der Waals surface area contributed by atoms with Gasteiger partial charge in [-0.25, -0.2) is 0 Å². The molecule has 0 unspecified atom stereocenters. The number of anilines is 2. The number of nitrogens with two attached hydrogens (primary N) is 2. The number of fused-ring (bicyclic) bond motifs is 2. The molecule has 6 heteroatoms. The van der Waals surface area contributed by atoms with Crippen molar-refractivity contribution in [1.29, 1.82) is 0 Å². The summed E-state index contributed by atoms with van der Waals surface area (Å²) >= 11 is 0. The molecule has 0 saturated carbocycles. The second-order valence-corrected chi connectivity index (χ2v) is 9.50. The summed E-state index contributed by atoms with van der Waals surface area (Å²) in [7, 11) is 0. The van der Waals surface area contributed by atoms with Gasteiger partial charge in [0.05, 0.1) is 22.7 Å². The number of hydrogen-bond acceptors (Lipinski definition) is 6. The highest BCUT2D eigenvalue weighted by Gasteiger charge is 2.09. The Hall–Kier alpha value is -5.62. The van der Waals surface area contributed by atoms with E-state index in [-0.39, 0.29) is 11.5 Å². The fraction of sp³-hybridized carbons (Fsp3) is 0. The van der Waals surface area contributed by atoms with Crippen LogP contribution < -0.4 is 11.5 Å². The summed E-state index contributed by atoms with van der Waals surface area (Å²) < 4.78 is 0. The van der Waals surface area contributed by atoms with Gasteiger partial charge >= 0.3 is 0 Å². The van der Waals surface area contributed by atoms with Gasteiger partial charge in [0, 0.05) is 23.6 Å². The summed E-state index contributed by atoms with van der Waals surface area (Å²) in [5.74, 6) is 0.318. The molecule has 0 aromatic heterocycles. The molecule has 0 fully saturated rings. The minimum atomic E-state index is 0.159. The lowest BCUT2D eigenvalue weighted by Gasteiger charge is -2.09. The Labute approximate surface area is 231 Å². The molecular formula is C34H26N4O2. The maximum Gasteiger partial charge on any atom is 0.124 e. The summed E-state index contributed by atoms with van der Waals surface area (Å²) in [4.78, 5) is 9.12. The van der Waals surface area contributed by atoms with E-state index in [1.165, 1.54) is 0 Å². The van der Waals surface area contributed by atoms with Crippen molar-refractivity contribution < 1.29 is 10.2 Å². The van der Waals surface area contributed by atoms with Crippen molar-refractivity contribution in [2.24, 2.45) is 9.98 Å². The fourth-order valence-corrected chi connectivity index (χ4v) is 4.81. The van der Waals surface area contributed by atoms with Crippen molar-refractivity contribution in [1.82, 2.24) is 0 Å². The summed E-state index contributed by atoms with van der Waals surface area (Å²) in [6, 6.07) is 34.0. The van der Waals surface area contributed by atoms with Gasteiger partial charge in [0.2, 0.25) is 0 Å². The predicted octanol–water partition coefficient (Wildman–Crippen LogP) is 7.74. The van der Waals surface area contributed by atoms with Crippen LogP contribution in [0.2, 0.25) is 0 Å². The Bertz CT molecular complexity index is 1820. The van der Waals surface area contributed by atoms with Crippen LogP contribution in [-0.4, -0.2) is 22.6 Å². The molecule has 6 N–H and O–H groups in total. The normalized spacial score (nSPS) is 11.7. The summed E-state index contributed by atoms with van der Waals surface area (Å²) in [6.07, 6.45) is 3.28. The first-order chi connectivity index (χ1) is 19.5. The fourth-order valence-electron chi connectivity index (χ4n) is 4.81. The van der Waals surface area contributed by atoms with Gasteiger partial charge in [-0.15, -0.1) is 0 Å². The lowest BCUT2D eigenvalue weighted by atomic mass is 10.0. The highest BCUT2D eigenvalue weighted by Crippen LogP contribution is 2.34. The highest BCUT2D eigenvalue weighted by atomic mass is 16.3. The molecule has 0 aliphatic rings. The Morgan fingerprint density at radius 3 is 1.35 bits per heavy atom. The quantitative estimate of drug-likeness (QED) is 0.137. The lowest BCUT2D eigenvalue weighted by molar-refractivity contribution is 0.475. The Balaban J connectivity index is 1.26. The van der Waals surface area contributed by atoms with Crippen LogP contribution in [-0.2, 0) is 0 Å². The highest BCUT2D eigenvalue weighted by molar-refractivity contribution is 6.04. The maximum atomic E-state index is 10.4. The first kappa shape index (κ1) is 24.7. The van der Waals surface area contributed by atoms with E-state index in [1.807, 2.05) is 97.1 Å². The minimum absolute atomic E-state index is 0.159. The van der Waals surface area contributed by atoms with Gasteiger partial charge in [-0.2, -0.15) is 0 Å². The second kappa shape index (κ2) is 10.3. The summed E-state index contributed by atoms with van der Waals surface area (Å²) in [6.45, 7) is 0. The molecule has 194 valence electrons. The van der Waals surface area contributed by atoms with Gasteiger partial charge < -0.3 is 21.7 Å². The lowest BCUT2D eigenvalue weighted by Crippen LogP contribution is -1.91. The second-order valence-electron chi connectivity index (χ2n) is 9.50. The molecule has 0 aliphatic heterocycles. The Morgan fingerprint density at radius 1 is 0.500 bits per heavy atom. The molecule has 6 nitrogen and oxygen atoms in total. The van der Waals surface area contributed by atoms with E-state index in [0.29, 0.717) is 33.9 Å². The van der Waals surface area contributed by atoms with Crippen molar-refractivity contribution in [3.63, 3.8) is 0 Å². The van der Waals surface area contributed by atoms with Crippen molar-refractivity contribution in [3.05, 3.63) is 120 Å². The number of aliphatic imine (C=N–C) groups is 2. The molecule has 6 aromatic rings. The molecule has 0 saturated heterocycles. The standard InChI is InChI=1S/C34H26N4O2/c35-29-17-23(9-13-31(29)37-19-27-25-7-3-1-5-21(25)11-15-33(27)39)24-10-14-32(30(36)18-24)38-20-28-26-8-4-2-6-22(26)12-16-34(28)40/h1-20,39-40H,35-36H2. The van der Waals surface area contributed by atoms with Crippen LogP contribution in [0.15, 0.2) is 119 Å². The van der Waals surface area contributed by atoms with E-state index >= 15 is 0 Å². The largest absolute Gasteiger partial charge is 0.507 e. The monoisotopic (exact) mass is 522 g/mol.